The lowest BCUT2D eigenvalue weighted by molar-refractivity contribution is 0.0526. The summed E-state index contributed by atoms with van der Waals surface area (Å²) in [4.78, 5) is 30.8. The number of hydrogen-bond acceptors (Lipinski definition) is 5. The molecule has 1 N–H and O–H groups in total. The van der Waals surface area contributed by atoms with Crippen molar-refractivity contribution >= 4 is 23.4 Å². The molecule has 1 aliphatic rings. The molecule has 1 saturated heterocycles. The number of nitrogens with one attached hydrogen (secondary N) is 1. The summed E-state index contributed by atoms with van der Waals surface area (Å²) in [6.07, 6.45) is 3.94. The second kappa shape index (κ2) is 7.79. The van der Waals surface area contributed by atoms with Gasteiger partial charge in [-0.05, 0) is 56.2 Å². The molecular formula is C19H21N3O3. The lowest BCUT2D eigenvalue weighted by atomic mass is 10.2. The molecule has 6 heteroatoms. The largest absolute Gasteiger partial charge is 0.462 e. The highest BCUT2D eigenvalue weighted by molar-refractivity contribution is 6.07. The van der Waals surface area contributed by atoms with Crippen LogP contribution >= 0.6 is 0 Å². The third kappa shape index (κ3) is 3.96. The minimum absolute atomic E-state index is 0.209. The molecule has 25 heavy (non-hydrogen) atoms. The van der Waals surface area contributed by atoms with Gasteiger partial charge in [0.25, 0.3) is 5.91 Å². The number of carbonyl (C=O) groups excluding carboxylic acids is 2. The van der Waals surface area contributed by atoms with Crippen LogP contribution in [0.1, 0.15) is 40.5 Å². The van der Waals surface area contributed by atoms with Crippen molar-refractivity contribution in [2.45, 2.75) is 19.8 Å². The normalized spacial score (nSPS) is 13.6. The van der Waals surface area contributed by atoms with Crippen LogP contribution in [0, 0.1) is 0 Å². The van der Waals surface area contributed by atoms with Crippen molar-refractivity contribution in [2.75, 3.05) is 29.9 Å². The van der Waals surface area contributed by atoms with Crippen molar-refractivity contribution in [3.8, 4) is 0 Å². The summed E-state index contributed by atoms with van der Waals surface area (Å²) in [5.41, 5.74) is 1.63. The Kier molecular flexibility index (Phi) is 5.28. The van der Waals surface area contributed by atoms with E-state index in [0.717, 1.165) is 31.7 Å². The molecule has 0 saturated carbocycles. The van der Waals surface area contributed by atoms with Gasteiger partial charge in [0.2, 0.25) is 0 Å². The lowest BCUT2D eigenvalue weighted by Gasteiger charge is -2.19. The van der Waals surface area contributed by atoms with E-state index >= 15 is 0 Å². The zero-order valence-electron chi connectivity index (χ0n) is 14.2. The summed E-state index contributed by atoms with van der Waals surface area (Å²) in [5.74, 6) is 0.142. The molecule has 1 aromatic carbocycles. The average molecular weight is 339 g/mol. The first kappa shape index (κ1) is 17.0. The lowest BCUT2D eigenvalue weighted by Crippen LogP contribution is -2.24. The Labute approximate surface area is 146 Å². The number of esters is 1. The number of rotatable bonds is 5. The number of aromatic nitrogens is 1. The van der Waals surface area contributed by atoms with E-state index in [1.165, 1.54) is 0 Å². The van der Waals surface area contributed by atoms with E-state index in [9.17, 15) is 9.59 Å². The Balaban J connectivity index is 1.73. The Morgan fingerprint density at radius 2 is 1.88 bits per heavy atom. The molecule has 1 fully saturated rings. The Bertz CT molecular complexity index is 753. The molecule has 2 heterocycles. The first-order valence-electron chi connectivity index (χ1n) is 8.47. The Hall–Kier alpha value is -2.89. The van der Waals surface area contributed by atoms with E-state index in [0.29, 0.717) is 23.4 Å². The van der Waals surface area contributed by atoms with Crippen molar-refractivity contribution in [1.29, 1.82) is 0 Å². The molecule has 0 unspecified atom stereocenters. The van der Waals surface area contributed by atoms with Crippen LogP contribution in [0.5, 0.6) is 0 Å². The standard InChI is InChI=1S/C19H21N3O3/c1-2-25-19(24)14-7-9-15(10-8-14)21-18(23)16-6-5-11-20-17(16)22-12-3-4-13-22/h5-11H,2-4,12-13H2,1H3,(H,21,23). The summed E-state index contributed by atoms with van der Waals surface area (Å²) in [6.45, 7) is 3.94. The molecular weight excluding hydrogens is 318 g/mol. The van der Waals surface area contributed by atoms with E-state index in [1.807, 2.05) is 0 Å². The minimum Gasteiger partial charge on any atom is -0.462 e. The van der Waals surface area contributed by atoms with Crippen molar-refractivity contribution < 1.29 is 14.3 Å². The van der Waals surface area contributed by atoms with E-state index in [-0.39, 0.29) is 11.9 Å². The molecule has 3 rings (SSSR count). The van der Waals surface area contributed by atoms with E-state index in [2.05, 4.69) is 15.2 Å². The fourth-order valence-corrected chi connectivity index (χ4v) is 2.86. The Morgan fingerprint density at radius 1 is 1.16 bits per heavy atom. The first-order valence-corrected chi connectivity index (χ1v) is 8.47. The fraction of sp³-hybridized carbons (Fsp3) is 0.316. The average Bonchev–Trinajstić information content (AvgIpc) is 3.17. The number of pyridine rings is 1. The van der Waals surface area contributed by atoms with Crippen LogP contribution in [-0.4, -0.2) is 36.6 Å². The highest BCUT2D eigenvalue weighted by Gasteiger charge is 2.20. The minimum atomic E-state index is -0.371. The van der Waals surface area contributed by atoms with Gasteiger partial charge in [0.15, 0.2) is 0 Å². The van der Waals surface area contributed by atoms with E-state index in [4.69, 9.17) is 4.74 Å². The summed E-state index contributed by atoms with van der Waals surface area (Å²) in [5, 5.41) is 2.86. The first-order chi connectivity index (χ1) is 12.2. The van der Waals surface area contributed by atoms with Crippen LogP contribution < -0.4 is 10.2 Å². The maximum absolute atomic E-state index is 12.6. The molecule has 1 aromatic heterocycles. The predicted octanol–water partition coefficient (Wildman–Crippen LogP) is 3.11. The van der Waals surface area contributed by atoms with Crippen molar-refractivity contribution in [3.05, 3.63) is 53.7 Å². The van der Waals surface area contributed by atoms with E-state index in [1.54, 1.807) is 49.5 Å². The van der Waals surface area contributed by atoms with Crippen LogP contribution in [0.15, 0.2) is 42.6 Å². The van der Waals surface area contributed by atoms with Crippen molar-refractivity contribution in [1.82, 2.24) is 4.98 Å². The number of nitrogens with zero attached hydrogens (tertiary/aromatic N) is 2. The number of carbonyl (C=O) groups is 2. The van der Waals surface area contributed by atoms with Crippen molar-refractivity contribution in [2.24, 2.45) is 0 Å². The monoisotopic (exact) mass is 339 g/mol. The summed E-state index contributed by atoms with van der Waals surface area (Å²) >= 11 is 0. The van der Waals surface area contributed by atoms with Gasteiger partial charge in [-0.3, -0.25) is 4.79 Å². The van der Waals surface area contributed by atoms with Gasteiger partial charge in [-0.2, -0.15) is 0 Å². The van der Waals surface area contributed by atoms with Crippen LogP contribution in [0.25, 0.3) is 0 Å². The molecule has 130 valence electrons. The number of benzene rings is 1. The SMILES string of the molecule is CCOC(=O)c1ccc(NC(=O)c2cccnc2N2CCCC2)cc1. The van der Waals surface area contributed by atoms with Gasteiger partial charge in [-0.25, -0.2) is 9.78 Å². The smallest absolute Gasteiger partial charge is 0.338 e. The van der Waals surface area contributed by atoms with Gasteiger partial charge in [-0.15, -0.1) is 0 Å². The van der Waals surface area contributed by atoms with Crippen LogP contribution in [0.3, 0.4) is 0 Å². The molecule has 0 aliphatic carbocycles. The number of ether oxygens (including phenoxy) is 1. The molecule has 1 amide bonds. The molecule has 0 bridgehead atoms. The molecule has 6 nitrogen and oxygen atoms in total. The van der Waals surface area contributed by atoms with Crippen LogP contribution in [0.4, 0.5) is 11.5 Å². The highest BCUT2D eigenvalue weighted by Crippen LogP contribution is 2.23. The Morgan fingerprint density at radius 3 is 2.56 bits per heavy atom. The fourth-order valence-electron chi connectivity index (χ4n) is 2.86. The summed E-state index contributed by atoms with van der Waals surface area (Å²) < 4.78 is 4.95. The maximum Gasteiger partial charge on any atom is 0.338 e. The van der Waals surface area contributed by atoms with E-state index < -0.39 is 0 Å². The zero-order chi connectivity index (χ0) is 17.6. The molecule has 0 spiro atoms. The van der Waals surface area contributed by atoms with Gasteiger partial charge >= 0.3 is 5.97 Å². The molecule has 0 atom stereocenters. The van der Waals surface area contributed by atoms with Gasteiger partial charge in [0.05, 0.1) is 17.7 Å². The zero-order valence-corrected chi connectivity index (χ0v) is 14.2. The molecule has 1 aliphatic heterocycles. The second-order valence-corrected chi connectivity index (χ2v) is 5.82. The topological polar surface area (TPSA) is 71.5 Å². The van der Waals surface area contributed by atoms with Gasteiger partial charge < -0.3 is 15.0 Å². The second-order valence-electron chi connectivity index (χ2n) is 5.82. The third-order valence-corrected chi connectivity index (χ3v) is 4.09. The maximum atomic E-state index is 12.6. The van der Waals surface area contributed by atoms with Crippen LogP contribution in [-0.2, 0) is 4.74 Å². The van der Waals surface area contributed by atoms with Crippen molar-refractivity contribution in [3.63, 3.8) is 0 Å². The number of amides is 1. The third-order valence-electron chi connectivity index (χ3n) is 4.09. The molecule has 2 aromatic rings. The summed E-state index contributed by atoms with van der Waals surface area (Å²) in [7, 11) is 0. The summed E-state index contributed by atoms with van der Waals surface area (Å²) in [6, 6.07) is 10.2. The highest BCUT2D eigenvalue weighted by atomic mass is 16.5. The quantitative estimate of drug-likeness (QED) is 0.848. The number of anilines is 2. The number of hydrogen-bond donors (Lipinski definition) is 1. The molecule has 0 radical (unpaired) electrons. The van der Waals surface area contributed by atoms with Gasteiger partial charge in [0.1, 0.15) is 5.82 Å². The van der Waals surface area contributed by atoms with Gasteiger partial charge in [-0.1, -0.05) is 0 Å². The predicted molar refractivity (Wildman–Crippen MR) is 96.0 cm³/mol. The van der Waals surface area contributed by atoms with Crippen LogP contribution in [0.2, 0.25) is 0 Å². The van der Waals surface area contributed by atoms with Gasteiger partial charge in [0, 0.05) is 25.0 Å².